The van der Waals surface area contributed by atoms with Crippen molar-refractivity contribution in [2.75, 3.05) is 13.2 Å². The van der Waals surface area contributed by atoms with Crippen molar-refractivity contribution in [3.8, 4) is 0 Å². The number of nitrogens with zero attached hydrogens (tertiary/aromatic N) is 2. The van der Waals surface area contributed by atoms with Gasteiger partial charge in [0.15, 0.2) is 0 Å². The van der Waals surface area contributed by atoms with Crippen molar-refractivity contribution < 1.29 is 4.74 Å². The first-order valence-electron chi connectivity index (χ1n) is 6.52. The van der Waals surface area contributed by atoms with E-state index in [1.807, 2.05) is 19.1 Å². The van der Waals surface area contributed by atoms with Gasteiger partial charge in [0.05, 0.1) is 23.0 Å². The lowest BCUT2D eigenvalue weighted by Gasteiger charge is -2.14. The van der Waals surface area contributed by atoms with Crippen molar-refractivity contribution in [1.29, 1.82) is 0 Å². The standard InChI is InChI=1S/C14H16BrClN2O/c1-9(16)14-17-12-6-11(15)2-3-13(12)18(14)7-10-4-5-19-8-10/h2-3,6,9-10H,4-5,7-8H2,1H3. The van der Waals surface area contributed by atoms with Crippen LogP contribution in [0.4, 0.5) is 0 Å². The molecule has 0 bridgehead atoms. The fourth-order valence-corrected chi connectivity index (χ4v) is 3.12. The summed E-state index contributed by atoms with van der Waals surface area (Å²) in [7, 11) is 0. The van der Waals surface area contributed by atoms with E-state index in [1.165, 1.54) is 0 Å². The van der Waals surface area contributed by atoms with Crippen LogP contribution in [0.25, 0.3) is 11.0 Å². The molecule has 1 aromatic heterocycles. The van der Waals surface area contributed by atoms with E-state index in [1.54, 1.807) is 0 Å². The van der Waals surface area contributed by atoms with Crippen molar-refractivity contribution in [3.05, 3.63) is 28.5 Å². The smallest absolute Gasteiger partial charge is 0.127 e. The van der Waals surface area contributed by atoms with Gasteiger partial charge in [0, 0.05) is 23.5 Å². The second kappa shape index (κ2) is 5.43. The molecule has 3 rings (SSSR count). The van der Waals surface area contributed by atoms with Gasteiger partial charge >= 0.3 is 0 Å². The molecular formula is C14H16BrClN2O. The topological polar surface area (TPSA) is 27.1 Å². The van der Waals surface area contributed by atoms with Gasteiger partial charge in [-0.15, -0.1) is 11.6 Å². The first-order chi connectivity index (χ1) is 9.15. The average Bonchev–Trinajstić information content (AvgIpc) is 2.97. The summed E-state index contributed by atoms with van der Waals surface area (Å²) in [6.45, 7) is 4.62. The Kier molecular flexibility index (Phi) is 3.83. The quantitative estimate of drug-likeness (QED) is 0.783. The number of alkyl halides is 1. The Bertz CT molecular complexity index is 590. The minimum absolute atomic E-state index is 0.0894. The molecule has 0 saturated carbocycles. The summed E-state index contributed by atoms with van der Waals surface area (Å²) in [6, 6.07) is 6.19. The van der Waals surface area contributed by atoms with Crippen molar-refractivity contribution >= 4 is 38.6 Å². The van der Waals surface area contributed by atoms with Crippen LogP contribution in [0.2, 0.25) is 0 Å². The summed E-state index contributed by atoms with van der Waals surface area (Å²) < 4.78 is 8.76. The highest BCUT2D eigenvalue weighted by molar-refractivity contribution is 9.10. The molecule has 0 spiro atoms. The summed E-state index contributed by atoms with van der Waals surface area (Å²) in [5.74, 6) is 1.51. The molecule has 2 aromatic rings. The molecule has 3 nitrogen and oxygen atoms in total. The van der Waals surface area contributed by atoms with Crippen LogP contribution in [0.15, 0.2) is 22.7 Å². The molecule has 0 aliphatic carbocycles. The lowest BCUT2D eigenvalue weighted by molar-refractivity contribution is 0.182. The van der Waals surface area contributed by atoms with Crippen molar-refractivity contribution in [3.63, 3.8) is 0 Å². The van der Waals surface area contributed by atoms with Crippen LogP contribution in [0.1, 0.15) is 24.5 Å². The monoisotopic (exact) mass is 342 g/mol. The molecule has 0 amide bonds. The molecule has 2 atom stereocenters. The van der Waals surface area contributed by atoms with E-state index in [0.717, 1.165) is 47.5 Å². The summed E-state index contributed by atoms with van der Waals surface area (Å²) >= 11 is 9.77. The molecule has 102 valence electrons. The first kappa shape index (κ1) is 13.4. The molecule has 1 aliphatic heterocycles. The van der Waals surface area contributed by atoms with Crippen LogP contribution in [-0.2, 0) is 11.3 Å². The Hall–Kier alpha value is -0.580. The van der Waals surface area contributed by atoms with Crippen LogP contribution in [0.3, 0.4) is 0 Å². The summed E-state index contributed by atoms with van der Waals surface area (Å²) in [5, 5.41) is -0.0894. The molecule has 1 fully saturated rings. The van der Waals surface area contributed by atoms with Crippen LogP contribution >= 0.6 is 27.5 Å². The highest BCUT2D eigenvalue weighted by atomic mass is 79.9. The van der Waals surface area contributed by atoms with Crippen LogP contribution in [-0.4, -0.2) is 22.8 Å². The molecule has 2 heterocycles. The van der Waals surface area contributed by atoms with Crippen molar-refractivity contribution in [2.45, 2.75) is 25.3 Å². The summed E-state index contributed by atoms with van der Waals surface area (Å²) in [6.07, 6.45) is 1.12. The van der Waals surface area contributed by atoms with Gasteiger partial charge in [-0.3, -0.25) is 0 Å². The van der Waals surface area contributed by atoms with Gasteiger partial charge in [0.25, 0.3) is 0 Å². The number of hydrogen-bond donors (Lipinski definition) is 0. The van der Waals surface area contributed by atoms with E-state index >= 15 is 0 Å². The van der Waals surface area contributed by atoms with Crippen LogP contribution < -0.4 is 0 Å². The Morgan fingerprint density at radius 3 is 3.11 bits per heavy atom. The molecule has 0 N–H and O–H groups in total. The number of hydrogen-bond acceptors (Lipinski definition) is 2. The highest BCUT2D eigenvalue weighted by Gasteiger charge is 2.21. The second-order valence-electron chi connectivity index (χ2n) is 5.06. The lowest BCUT2D eigenvalue weighted by atomic mass is 10.1. The lowest BCUT2D eigenvalue weighted by Crippen LogP contribution is -2.13. The number of benzene rings is 1. The second-order valence-corrected chi connectivity index (χ2v) is 6.63. The Labute approximate surface area is 126 Å². The number of imidazole rings is 1. The maximum absolute atomic E-state index is 6.28. The molecular weight excluding hydrogens is 328 g/mol. The maximum Gasteiger partial charge on any atom is 0.127 e. The van der Waals surface area contributed by atoms with Gasteiger partial charge in [-0.25, -0.2) is 4.98 Å². The number of halogens is 2. The third-order valence-electron chi connectivity index (χ3n) is 3.56. The summed E-state index contributed by atoms with van der Waals surface area (Å²) in [5.41, 5.74) is 2.15. The van der Waals surface area contributed by atoms with Gasteiger partial charge in [-0.05, 0) is 31.5 Å². The van der Waals surface area contributed by atoms with Crippen molar-refractivity contribution in [1.82, 2.24) is 9.55 Å². The Balaban J connectivity index is 2.05. The molecule has 0 radical (unpaired) electrons. The van der Waals surface area contributed by atoms with Gasteiger partial charge < -0.3 is 9.30 Å². The predicted molar refractivity (Wildman–Crippen MR) is 80.6 cm³/mol. The van der Waals surface area contributed by atoms with Crippen LogP contribution in [0.5, 0.6) is 0 Å². The van der Waals surface area contributed by atoms with E-state index in [4.69, 9.17) is 16.3 Å². The maximum atomic E-state index is 6.28. The predicted octanol–water partition coefficient (Wildman–Crippen LogP) is 4.14. The zero-order valence-electron chi connectivity index (χ0n) is 10.8. The van der Waals surface area contributed by atoms with Gasteiger partial charge in [0.1, 0.15) is 5.82 Å². The molecule has 1 aromatic carbocycles. The fourth-order valence-electron chi connectivity index (χ4n) is 2.60. The number of rotatable bonds is 3. The zero-order valence-corrected chi connectivity index (χ0v) is 13.1. The summed E-state index contributed by atoms with van der Waals surface area (Å²) in [4.78, 5) is 4.68. The number of ether oxygens (including phenoxy) is 1. The van der Waals surface area contributed by atoms with E-state index in [-0.39, 0.29) is 5.38 Å². The molecule has 1 aliphatic rings. The molecule has 5 heteroatoms. The highest BCUT2D eigenvalue weighted by Crippen LogP contribution is 2.28. The Morgan fingerprint density at radius 2 is 2.42 bits per heavy atom. The average molecular weight is 344 g/mol. The fraction of sp³-hybridized carbons (Fsp3) is 0.500. The normalized spacial score (nSPS) is 21.1. The molecule has 1 saturated heterocycles. The van der Waals surface area contributed by atoms with Gasteiger partial charge in [-0.1, -0.05) is 15.9 Å². The molecule has 19 heavy (non-hydrogen) atoms. The third kappa shape index (κ3) is 2.67. The molecule has 2 unspecified atom stereocenters. The minimum atomic E-state index is -0.0894. The number of fused-ring (bicyclic) bond motifs is 1. The Morgan fingerprint density at radius 1 is 1.58 bits per heavy atom. The van der Waals surface area contributed by atoms with Gasteiger partial charge in [-0.2, -0.15) is 0 Å². The van der Waals surface area contributed by atoms with E-state index in [0.29, 0.717) is 5.92 Å². The zero-order chi connectivity index (χ0) is 13.4. The first-order valence-corrected chi connectivity index (χ1v) is 7.75. The SMILES string of the molecule is CC(Cl)c1nc2cc(Br)ccc2n1CC1CCOC1. The third-order valence-corrected chi connectivity index (χ3v) is 4.25. The van der Waals surface area contributed by atoms with Crippen molar-refractivity contribution in [2.24, 2.45) is 5.92 Å². The van der Waals surface area contributed by atoms with E-state index in [9.17, 15) is 0 Å². The van der Waals surface area contributed by atoms with E-state index < -0.39 is 0 Å². The van der Waals surface area contributed by atoms with E-state index in [2.05, 4.69) is 31.5 Å². The van der Waals surface area contributed by atoms with Crippen LogP contribution in [0, 0.1) is 5.92 Å². The largest absolute Gasteiger partial charge is 0.381 e. The minimum Gasteiger partial charge on any atom is -0.381 e. The van der Waals surface area contributed by atoms with Gasteiger partial charge in [0.2, 0.25) is 0 Å². The number of aromatic nitrogens is 2.